The van der Waals surface area contributed by atoms with Gasteiger partial charge >= 0.3 is 5.97 Å². The number of hydrogen-bond acceptors (Lipinski definition) is 6. The van der Waals surface area contributed by atoms with E-state index in [0.717, 1.165) is 5.39 Å². The highest BCUT2D eigenvalue weighted by Gasteiger charge is 2.35. The van der Waals surface area contributed by atoms with Gasteiger partial charge in [0.25, 0.3) is 0 Å². The Morgan fingerprint density at radius 2 is 2.39 bits per heavy atom. The maximum Gasteiger partial charge on any atom is 0.345 e. The second-order valence-electron chi connectivity index (χ2n) is 4.60. The van der Waals surface area contributed by atoms with Crippen molar-refractivity contribution in [2.45, 2.75) is 0 Å². The largest absolute Gasteiger partial charge is 0.477 e. The van der Waals surface area contributed by atoms with Crippen LogP contribution in [-0.4, -0.2) is 33.4 Å². The summed E-state index contributed by atoms with van der Waals surface area (Å²) in [5.41, 5.74) is 0.756. The lowest BCUT2D eigenvalue weighted by Crippen LogP contribution is -2.18. The van der Waals surface area contributed by atoms with E-state index in [1.807, 2.05) is 6.07 Å². The van der Waals surface area contributed by atoms with Crippen LogP contribution in [0.4, 0.5) is 0 Å². The highest BCUT2D eigenvalue weighted by Crippen LogP contribution is 2.27. The van der Waals surface area contributed by atoms with E-state index >= 15 is 0 Å². The van der Waals surface area contributed by atoms with Crippen LogP contribution >= 0.6 is 0 Å². The molecule has 0 amide bonds. The zero-order valence-electron chi connectivity index (χ0n) is 11.7. The number of nitrogens with one attached hydrogen (secondary N) is 2. The molecule has 0 radical (unpaired) electrons. The van der Waals surface area contributed by atoms with Crippen LogP contribution in [0, 0.1) is 11.3 Å². The number of allylic oxidation sites excluding steroid dienone is 1. The van der Waals surface area contributed by atoms with E-state index < -0.39 is 17.3 Å². The molecule has 1 aliphatic heterocycles. The molecule has 0 aromatic carbocycles. The van der Waals surface area contributed by atoms with E-state index in [4.69, 9.17) is 15.1 Å². The van der Waals surface area contributed by atoms with Gasteiger partial charge in [0.05, 0.1) is 6.07 Å². The third-order valence-electron chi connectivity index (χ3n) is 3.20. The number of aromatic nitrogens is 2. The van der Waals surface area contributed by atoms with Crippen LogP contribution in [0.1, 0.15) is 5.56 Å². The van der Waals surface area contributed by atoms with Gasteiger partial charge < -0.3 is 20.1 Å². The number of carboxylic acids is 1. The number of ketones is 1. The van der Waals surface area contributed by atoms with Crippen LogP contribution in [0.5, 0.6) is 0 Å². The van der Waals surface area contributed by atoms with Crippen molar-refractivity contribution in [3.63, 3.8) is 0 Å². The van der Waals surface area contributed by atoms with Crippen molar-refractivity contribution in [3.05, 3.63) is 47.3 Å². The lowest BCUT2D eigenvalue weighted by Gasteiger charge is -2.03. The molecule has 0 aliphatic carbocycles. The summed E-state index contributed by atoms with van der Waals surface area (Å²) in [5, 5.41) is 20.9. The van der Waals surface area contributed by atoms with Gasteiger partial charge in [0.15, 0.2) is 11.3 Å². The Bertz CT molecular complexity index is 917. The minimum Gasteiger partial charge on any atom is -0.477 e. The van der Waals surface area contributed by atoms with E-state index in [0.29, 0.717) is 11.2 Å². The minimum absolute atomic E-state index is 0.132. The SMILES string of the molecule is N#CCNC1=C(C(=O)O)C(=O)C(=Cc2c[nH]c3ncccc23)O1. The smallest absolute Gasteiger partial charge is 0.345 e. The third kappa shape index (κ3) is 2.51. The summed E-state index contributed by atoms with van der Waals surface area (Å²) in [6.45, 7) is -0.177. The van der Waals surface area contributed by atoms with Gasteiger partial charge in [0.2, 0.25) is 11.7 Å². The normalized spacial score (nSPS) is 15.8. The minimum atomic E-state index is -1.42. The quantitative estimate of drug-likeness (QED) is 0.435. The van der Waals surface area contributed by atoms with Gasteiger partial charge in [-0.2, -0.15) is 5.26 Å². The van der Waals surface area contributed by atoms with Crippen molar-refractivity contribution in [2.75, 3.05) is 6.54 Å². The maximum absolute atomic E-state index is 12.2. The molecule has 23 heavy (non-hydrogen) atoms. The third-order valence-corrected chi connectivity index (χ3v) is 3.20. The summed E-state index contributed by atoms with van der Waals surface area (Å²) in [4.78, 5) is 30.5. The lowest BCUT2D eigenvalue weighted by molar-refractivity contribution is -0.134. The Morgan fingerprint density at radius 1 is 1.57 bits per heavy atom. The molecular formula is C15H10N4O4. The monoisotopic (exact) mass is 310 g/mol. The number of carbonyl (C=O) groups is 2. The first kappa shape index (κ1) is 14.3. The molecule has 3 heterocycles. The van der Waals surface area contributed by atoms with E-state index in [-0.39, 0.29) is 18.2 Å². The predicted molar refractivity (Wildman–Crippen MR) is 78.4 cm³/mol. The zero-order valence-corrected chi connectivity index (χ0v) is 11.7. The Balaban J connectivity index is 1.98. The van der Waals surface area contributed by atoms with Crippen LogP contribution in [-0.2, 0) is 14.3 Å². The zero-order chi connectivity index (χ0) is 16.4. The summed E-state index contributed by atoms with van der Waals surface area (Å²) < 4.78 is 5.29. The highest BCUT2D eigenvalue weighted by molar-refractivity contribution is 6.26. The van der Waals surface area contributed by atoms with Crippen LogP contribution in [0.15, 0.2) is 41.7 Å². The summed E-state index contributed by atoms with van der Waals surface area (Å²) in [5.74, 6) is -2.53. The second kappa shape index (κ2) is 5.65. The molecule has 8 heteroatoms. The van der Waals surface area contributed by atoms with Crippen molar-refractivity contribution < 1.29 is 19.4 Å². The highest BCUT2D eigenvalue weighted by atomic mass is 16.5. The van der Waals surface area contributed by atoms with Gasteiger partial charge in [-0.1, -0.05) is 0 Å². The van der Waals surface area contributed by atoms with Gasteiger partial charge in [-0.25, -0.2) is 9.78 Å². The predicted octanol–water partition coefficient (Wildman–Crippen LogP) is 0.912. The standard InChI is InChI=1S/C15H10N4O4/c16-3-5-18-14-11(15(21)22)12(20)10(23-14)6-8-7-19-13-9(8)2-1-4-17-13/h1-2,4,6-7,18H,5H2,(H,17,19)(H,21,22). The number of rotatable bonds is 4. The molecule has 2 aromatic rings. The first-order valence-corrected chi connectivity index (χ1v) is 6.56. The summed E-state index contributed by atoms with van der Waals surface area (Å²) in [6, 6.07) is 5.35. The van der Waals surface area contributed by atoms with Gasteiger partial charge in [0.1, 0.15) is 12.2 Å². The van der Waals surface area contributed by atoms with Crippen molar-refractivity contribution in [1.29, 1.82) is 5.26 Å². The molecule has 0 saturated heterocycles. The molecule has 3 rings (SSSR count). The molecule has 0 saturated carbocycles. The Kier molecular flexibility index (Phi) is 3.52. The average molecular weight is 310 g/mol. The van der Waals surface area contributed by atoms with Gasteiger partial charge in [-0.15, -0.1) is 0 Å². The van der Waals surface area contributed by atoms with Crippen molar-refractivity contribution in [1.82, 2.24) is 15.3 Å². The molecule has 8 nitrogen and oxygen atoms in total. The van der Waals surface area contributed by atoms with Crippen molar-refractivity contribution in [3.8, 4) is 6.07 Å². The number of H-pyrrole nitrogens is 1. The fraction of sp³-hybridized carbons (Fsp3) is 0.0667. The molecule has 0 atom stereocenters. The first-order valence-electron chi connectivity index (χ1n) is 6.56. The number of pyridine rings is 1. The number of nitrogens with zero attached hydrogens (tertiary/aromatic N) is 2. The van der Waals surface area contributed by atoms with Gasteiger partial charge in [0, 0.05) is 23.3 Å². The number of fused-ring (bicyclic) bond motifs is 1. The Labute approximate surface area is 129 Å². The Hall–Kier alpha value is -3.60. The maximum atomic E-state index is 12.2. The van der Waals surface area contributed by atoms with Crippen LogP contribution in [0.25, 0.3) is 17.1 Å². The number of aromatic amines is 1. The van der Waals surface area contributed by atoms with Crippen LogP contribution in [0.2, 0.25) is 0 Å². The number of carbonyl (C=O) groups excluding carboxylic acids is 1. The number of ether oxygens (including phenoxy) is 1. The number of carboxylic acid groups (broad SMARTS) is 1. The summed E-state index contributed by atoms with van der Waals surface area (Å²) in [7, 11) is 0. The molecular weight excluding hydrogens is 300 g/mol. The molecule has 0 bridgehead atoms. The van der Waals surface area contributed by atoms with E-state index in [1.54, 1.807) is 24.5 Å². The van der Waals surface area contributed by atoms with Crippen LogP contribution < -0.4 is 5.32 Å². The summed E-state index contributed by atoms with van der Waals surface area (Å²) in [6.07, 6.45) is 4.70. The summed E-state index contributed by atoms with van der Waals surface area (Å²) >= 11 is 0. The molecule has 2 aromatic heterocycles. The molecule has 3 N–H and O–H groups in total. The fourth-order valence-corrected chi connectivity index (χ4v) is 2.20. The van der Waals surface area contributed by atoms with E-state index in [9.17, 15) is 9.59 Å². The lowest BCUT2D eigenvalue weighted by atomic mass is 10.1. The number of nitriles is 1. The van der Waals surface area contributed by atoms with E-state index in [1.165, 1.54) is 6.08 Å². The fourth-order valence-electron chi connectivity index (χ4n) is 2.20. The van der Waals surface area contributed by atoms with Crippen molar-refractivity contribution >= 4 is 28.9 Å². The number of aliphatic carboxylic acids is 1. The first-order chi connectivity index (χ1) is 11.1. The molecule has 0 spiro atoms. The molecule has 1 aliphatic rings. The van der Waals surface area contributed by atoms with E-state index in [2.05, 4.69) is 15.3 Å². The molecule has 114 valence electrons. The van der Waals surface area contributed by atoms with Gasteiger partial charge in [-0.3, -0.25) is 4.79 Å². The Morgan fingerprint density at radius 3 is 3.13 bits per heavy atom. The number of Topliss-reactive ketones (excluding diaryl/α,β-unsaturated/α-hetero) is 1. The molecule has 0 unspecified atom stereocenters. The van der Waals surface area contributed by atoms with Crippen molar-refractivity contribution in [2.24, 2.45) is 0 Å². The topological polar surface area (TPSA) is 128 Å². The second-order valence-corrected chi connectivity index (χ2v) is 4.60. The number of hydrogen-bond donors (Lipinski definition) is 3. The van der Waals surface area contributed by atoms with Gasteiger partial charge in [-0.05, 0) is 18.2 Å². The van der Waals surface area contributed by atoms with Crippen LogP contribution in [0.3, 0.4) is 0 Å². The average Bonchev–Trinajstić information content (AvgIpc) is 3.08. The molecule has 0 fully saturated rings.